The van der Waals surface area contributed by atoms with Gasteiger partial charge in [-0.1, -0.05) is 6.07 Å². The SMILES string of the molecule is O=C(O)c1cccc2[nH]c(=O)n(CC3CCCCO3)c12. The van der Waals surface area contributed by atoms with Crippen LogP contribution in [0, 0.1) is 0 Å². The molecule has 0 amide bonds. The van der Waals surface area contributed by atoms with Crippen LogP contribution in [-0.4, -0.2) is 33.3 Å². The van der Waals surface area contributed by atoms with Crippen LogP contribution in [0.25, 0.3) is 11.0 Å². The summed E-state index contributed by atoms with van der Waals surface area (Å²) in [5, 5.41) is 9.26. The van der Waals surface area contributed by atoms with Crippen molar-refractivity contribution in [2.75, 3.05) is 6.61 Å². The summed E-state index contributed by atoms with van der Waals surface area (Å²) in [5.41, 5.74) is 0.837. The zero-order chi connectivity index (χ0) is 14.1. The Morgan fingerprint density at radius 2 is 2.30 bits per heavy atom. The number of hydrogen-bond acceptors (Lipinski definition) is 3. The third-order valence-electron chi connectivity index (χ3n) is 3.68. The van der Waals surface area contributed by atoms with Crippen molar-refractivity contribution in [1.29, 1.82) is 0 Å². The standard InChI is InChI=1S/C14H16N2O4/c17-13(18)10-5-3-6-11-12(10)16(14(19)15-11)8-9-4-1-2-7-20-9/h3,5-6,9H,1-2,4,7-8H2,(H,15,19)(H,17,18). The lowest BCUT2D eigenvalue weighted by molar-refractivity contribution is 0.00609. The molecule has 6 nitrogen and oxygen atoms in total. The Morgan fingerprint density at radius 1 is 1.45 bits per heavy atom. The van der Waals surface area contributed by atoms with Gasteiger partial charge in [0.15, 0.2) is 0 Å². The van der Waals surface area contributed by atoms with Gasteiger partial charge >= 0.3 is 11.7 Å². The Balaban J connectivity index is 2.06. The predicted molar refractivity (Wildman–Crippen MR) is 73.1 cm³/mol. The van der Waals surface area contributed by atoms with Gasteiger partial charge in [0.2, 0.25) is 0 Å². The molecule has 2 N–H and O–H groups in total. The third kappa shape index (κ3) is 2.22. The largest absolute Gasteiger partial charge is 0.478 e. The summed E-state index contributed by atoms with van der Waals surface area (Å²) in [6.07, 6.45) is 2.99. The number of carboxylic acids is 1. The molecule has 0 saturated carbocycles. The second kappa shape index (κ2) is 5.13. The fourth-order valence-corrected chi connectivity index (χ4v) is 2.72. The van der Waals surface area contributed by atoms with Crippen LogP contribution < -0.4 is 5.69 Å². The van der Waals surface area contributed by atoms with Crippen LogP contribution in [0.3, 0.4) is 0 Å². The summed E-state index contributed by atoms with van der Waals surface area (Å²) in [6.45, 7) is 1.09. The monoisotopic (exact) mass is 276 g/mol. The molecule has 1 fully saturated rings. The molecule has 1 unspecified atom stereocenters. The number of ether oxygens (including phenoxy) is 1. The quantitative estimate of drug-likeness (QED) is 0.891. The average molecular weight is 276 g/mol. The van der Waals surface area contributed by atoms with E-state index in [0.29, 0.717) is 24.2 Å². The van der Waals surface area contributed by atoms with E-state index in [2.05, 4.69) is 4.98 Å². The minimum Gasteiger partial charge on any atom is -0.478 e. The number of para-hydroxylation sites is 1. The summed E-state index contributed by atoms with van der Waals surface area (Å²) in [5.74, 6) is -1.03. The molecule has 1 saturated heterocycles. The van der Waals surface area contributed by atoms with E-state index >= 15 is 0 Å². The molecule has 0 bridgehead atoms. The summed E-state index contributed by atoms with van der Waals surface area (Å²) in [4.78, 5) is 26.1. The molecule has 2 heterocycles. The van der Waals surface area contributed by atoms with E-state index < -0.39 is 5.97 Å². The van der Waals surface area contributed by atoms with Gasteiger partial charge in [-0.25, -0.2) is 9.59 Å². The van der Waals surface area contributed by atoms with Crippen LogP contribution in [0.15, 0.2) is 23.0 Å². The van der Waals surface area contributed by atoms with Crippen molar-refractivity contribution in [1.82, 2.24) is 9.55 Å². The number of nitrogens with zero attached hydrogens (tertiary/aromatic N) is 1. The van der Waals surface area contributed by atoms with E-state index in [9.17, 15) is 14.7 Å². The van der Waals surface area contributed by atoms with Crippen molar-refractivity contribution >= 4 is 17.0 Å². The number of hydrogen-bond donors (Lipinski definition) is 2. The Kier molecular flexibility index (Phi) is 3.31. The highest BCUT2D eigenvalue weighted by atomic mass is 16.5. The van der Waals surface area contributed by atoms with Crippen LogP contribution in [-0.2, 0) is 11.3 Å². The smallest absolute Gasteiger partial charge is 0.337 e. The minimum atomic E-state index is -1.03. The van der Waals surface area contributed by atoms with Crippen molar-refractivity contribution in [2.45, 2.75) is 31.9 Å². The Morgan fingerprint density at radius 3 is 3.00 bits per heavy atom. The number of carboxylic acid groups (broad SMARTS) is 1. The first-order valence-electron chi connectivity index (χ1n) is 6.73. The molecule has 1 aromatic carbocycles. The Bertz CT molecular complexity index is 695. The molecule has 20 heavy (non-hydrogen) atoms. The van der Waals surface area contributed by atoms with Crippen LogP contribution in [0.2, 0.25) is 0 Å². The molecule has 3 rings (SSSR count). The van der Waals surface area contributed by atoms with E-state index in [0.717, 1.165) is 19.3 Å². The number of benzene rings is 1. The second-order valence-corrected chi connectivity index (χ2v) is 5.04. The van der Waals surface area contributed by atoms with Crippen molar-refractivity contribution < 1.29 is 14.6 Å². The van der Waals surface area contributed by atoms with E-state index in [1.54, 1.807) is 12.1 Å². The van der Waals surface area contributed by atoms with Crippen molar-refractivity contribution in [3.8, 4) is 0 Å². The third-order valence-corrected chi connectivity index (χ3v) is 3.68. The molecule has 1 aromatic heterocycles. The summed E-state index contributed by atoms with van der Waals surface area (Å²) in [7, 11) is 0. The molecule has 2 aromatic rings. The molecule has 0 aliphatic carbocycles. The summed E-state index contributed by atoms with van der Waals surface area (Å²) in [6, 6.07) is 4.85. The molecule has 6 heteroatoms. The Labute approximate surface area is 115 Å². The van der Waals surface area contributed by atoms with Gasteiger partial charge in [-0.3, -0.25) is 4.57 Å². The fourth-order valence-electron chi connectivity index (χ4n) is 2.72. The number of fused-ring (bicyclic) bond motifs is 1. The molecular formula is C14H16N2O4. The molecule has 1 aliphatic rings. The lowest BCUT2D eigenvalue weighted by Gasteiger charge is -2.22. The maximum Gasteiger partial charge on any atom is 0.337 e. The number of nitrogens with one attached hydrogen (secondary N) is 1. The summed E-state index contributed by atoms with van der Waals surface area (Å²) < 4.78 is 7.12. The van der Waals surface area contributed by atoms with Crippen LogP contribution >= 0.6 is 0 Å². The molecule has 0 spiro atoms. The van der Waals surface area contributed by atoms with Crippen LogP contribution in [0.1, 0.15) is 29.6 Å². The Hall–Kier alpha value is -2.08. The zero-order valence-electron chi connectivity index (χ0n) is 11.0. The first kappa shape index (κ1) is 12.9. The number of aromatic nitrogens is 2. The van der Waals surface area contributed by atoms with Crippen LogP contribution in [0.5, 0.6) is 0 Å². The van der Waals surface area contributed by atoms with Crippen molar-refractivity contribution in [2.24, 2.45) is 0 Å². The van der Waals surface area contributed by atoms with Gasteiger partial charge in [-0.05, 0) is 31.4 Å². The van der Waals surface area contributed by atoms with Crippen molar-refractivity contribution in [3.63, 3.8) is 0 Å². The molecule has 1 aliphatic heterocycles. The highest BCUT2D eigenvalue weighted by Gasteiger charge is 2.20. The van der Waals surface area contributed by atoms with E-state index in [1.165, 1.54) is 10.6 Å². The van der Waals surface area contributed by atoms with Gasteiger partial charge in [0.05, 0.1) is 29.2 Å². The van der Waals surface area contributed by atoms with Gasteiger partial charge < -0.3 is 14.8 Å². The second-order valence-electron chi connectivity index (χ2n) is 5.04. The first-order valence-corrected chi connectivity index (χ1v) is 6.73. The van der Waals surface area contributed by atoms with Gasteiger partial charge in [-0.2, -0.15) is 0 Å². The lowest BCUT2D eigenvalue weighted by Crippen LogP contribution is -2.29. The summed E-state index contributed by atoms with van der Waals surface area (Å²) >= 11 is 0. The topological polar surface area (TPSA) is 84.3 Å². The molecule has 1 atom stereocenters. The minimum absolute atomic E-state index is 0.0256. The van der Waals surface area contributed by atoms with Gasteiger partial charge in [-0.15, -0.1) is 0 Å². The van der Waals surface area contributed by atoms with Crippen molar-refractivity contribution in [3.05, 3.63) is 34.2 Å². The van der Waals surface area contributed by atoms with Gasteiger partial charge in [0.25, 0.3) is 0 Å². The van der Waals surface area contributed by atoms with Gasteiger partial charge in [0.1, 0.15) is 0 Å². The molecule has 0 radical (unpaired) electrons. The highest BCUT2D eigenvalue weighted by molar-refractivity contribution is 6.01. The lowest BCUT2D eigenvalue weighted by atomic mass is 10.1. The van der Waals surface area contributed by atoms with E-state index in [-0.39, 0.29) is 17.4 Å². The maximum atomic E-state index is 12.0. The number of carbonyl (C=O) groups is 1. The van der Waals surface area contributed by atoms with E-state index in [1.807, 2.05) is 0 Å². The highest BCUT2D eigenvalue weighted by Crippen LogP contribution is 2.19. The number of rotatable bonds is 3. The number of imidazole rings is 1. The number of aromatic amines is 1. The first-order chi connectivity index (χ1) is 9.66. The molecular weight excluding hydrogens is 260 g/mol. The number of aromatic carboxylic acids is 1. The van der Waals surface area contributed by atoms with Gasteiger partial charge in [0, 0.05) is 6.61 Å². The van der Waals surface area contributed by atoms with Crippen LogP contribution in [0.4, 0.5) is 0 Å². The average Bonchev–Trinajstić information content (AvgIpc) is 2.76. The normalized spacial score (nSPS) is 19.3. The van der Waals surface area contributed by atoms with E-state index in [4.69, 9.17) is 4.74 Å². The maximum absolute atomic E-state index is 12.0. The fraction of sp³-hybridized carbons (Fsp3) is 0.429. The number of H-pyrrole nitrogens is 1. The molecule has 106 valence electrons. The predicted octanol–water partition coefficient (Wildman–Crippen LogP) is 1.60. The zero-order valence-corrected chi connectivity index (χ0v) is 11.0.